The van der Waals surface area contributed by atoms with Gasteiger partial charge in [0.1, 0.15) is 5.75 Å². The average Bonchev–Trinajstić information content (AvgIpc) is 2.86. The van der Waals surface area contributed by atoms with Crippen LogP contribution in [0, 0.1) is 0 Å². The van der Waals surface area contributed by atoms with Gasteiger partial charge in [-0.3, -0.25) is 9.69 Å². The molecule has 1 amide bonds. The first-order valence-corrected chi connectivity index (χ1v) is 11.4. The lowest BCUT2D eigenvalue weighted by Crippen LogP contribution is -2.40. The number of aromatic carboxylic acids is 1. The number of anilines is 1. The second-order valence-electron chi connectivity index (χ2n) is 8.58. The van der Waals surface area contributed by atoms with Gasteiger partial charge in [0, 0.05) is 12.6 Å². The number of nitrogens with one attached hydrogen (secondary N) is 2. The summed E-state index contributed by atoms with van der Waals surface area (Å²) in [6.07, 6.45) is 2.13. The second kappa shape index (κ2) is 10.5. The number of carboxylic acid groups (broad SMARTS) is 1. The molecule has 0 bridgehead atoms. The molecule has 1 fully saturated rings. The predicted molar refractivity (Wildman–Crippen MR) is 132 cm³/mol. The normalized spacial score (nSPS) is 14.6. The Kier molecular flexibility index (Phi) is 7.25. The van der Waals surface area contributed by atoms with Gasteiger partial charge in [0.05, 0.1) is 16.8 Å². The van der Waals surface area contributed by atoms with Crippen LogP contribution in [0.2, 0.25) is 0 Å². The third kappa shape index (κ3) is 5.44. The summed E-state index contributed by atoms with van der Waals surface area (Å²) in [7, 11) is 1.98. The van der Waals surface area contributed by atoms with Crippen LogP contribution in [-0.2, 0) is 6.54 Å². The van der Waals surface area contributed by atoms with Gasteiger partial charge in [-0.1, -0.05) is 42.5 Å². The van der Waals surface area contributed by atoms with E-state index in [1.807, 2.05) is 43.4 Å². The first-order chi connectivity index (χ1) is 16.4. The number of hydrogen-bond acceptors (Lipinski definition) is 5. The minimum absolute atomic E-state index is 0.0175. The lowest BCUT2D eigenvalue weighted by Gasteiger charge is -2.31. The summed E-state index contributed by atoms with van der Waals surface area (Å²) in [5.74, 6) is -1.84. The van der Waals surface area contributed by atoms with E-state index < -0.39 is 11.9 Å². The molecule has 4 N–H and O–H groups in total. The van der Waals surface area contributed by atoms with Gasteiger partial charge >= 0.3 is 5.97 Å². The van der Waals surface area contributed by atoms with Crippen LogP contribution in [0.1, 0.15) is 39.1 Å². The molecular formula is C27H29N3O4. The van der Waals surface area contributed by atoms with E-state index in [-0.39, 0.29) is 22.6 Å². The average molecular weight is 460 g/mol. The molecule has 0 aliphatic carbocycles. The van der Waals surface area contributed by atoms with Crippen LogP contribution in [-0.4, -0.2) is 53.2 Å². The Bertz CT molecular complexity index is 1170. The number of carbonyl (C=O) groups is 2. The predicted octanol–water partition coefficient (Wildman–Crippen LogP) is 4.19. The second-order valence-corrected chi connectivity index (χ2v) is 8.58. The SMILES string of the molecule is CNC1CCN(Cc2ccc(O)c(C(=O)Nc3cc(-c4ccccc4)ccc3C(=O)O)c2)CC1. The Labute approximate surface area is 199 Å². The van der Waals surface area contributed by atoms with Crippen molar-refractivity contribution in [3.8, 4) is 16.9 Å². The van der Waals surface area contributed by atoms with E-state index in [1.54, 1.807) is 18.2 Å². The van der Waals surface area contributed by atoms with Crippen LogP contribution in [0.15, 0.2) is 66.7 Å². The Morgan fingerprint density at radius 1 is 0.941 bits per heavy atom. The lowest BCUT2D eigenvalue weighted by molar-refractivity contribution is 0.0698. The molecule has 3 aromatic carbocycles. The van der Waals surface area contributed by atoms with E-state index >= 15 is 0 Å². The molecule has 7 heteroatoms. The van der Waals surface area contributed by atoms with Gasteiger partial charge in [0.15, 0.2) is 0 Å². The fourth-order valence-electron chi connectivity index (χ4n) is 4.34. The van der Waals surface area contributed by atoms with Gasteiger partial charge in [-0.2, -0.15) is 0 Å². The zero-order chi connectivity index (χ0) is 24.1. The summed E-state index contributed by atoms with van der Waals surface area (Å²) in [5, 5.41) is 26.0. The number of phenolic OH excluding ortho intramolecular Hbond substituents is 1. The first kappa shape index (κ1) is 23.5. The molecule has 4 rings (SSSR count). The molecule has 34 heavy (non-hydrogen) atoms. The third-order valence-electron chi connectivity index (χ3n) is 6.31. The Balaban J connectivity index is 1.55. The molecule has 0 atom stereocenters. The number of piperidine rings is 1. The fraction of sp³-hybridized carbons (Fsp3) is 0.259. The molecule has 0 aromatic heterocycles. The molecule has 1 saturated heterocycles. The van der Waals surface area contributed by atoms with Crippen molar-refractivity contribution >= 4 is 17.6 Å². The molecule has 0 unspecified atom stereocenters. The van der Waals surface area contributed by atoms with E-state index in [1.165, 1.54) is 12.1 Å². The van der Waals surface area contributed by atoms with Gasteiger partial charge in [0.25, 0.3) is 5.91 Å². The van der Waals surface area contributed by atoms with Crippen molar-refractivity contribution in [3.63, 3.8) is 0 Å². The van der Waals surface area contributed by atoms with Crippen molar-refractivity contribution in [2.75, 3.05) is 25.5 Å². The standard InChI is InChI=1S/C27H29N3O4/c1-28-21-11-13-30(14-12-21)17-18-7-10-25(31)23(15-18)26(32)29-24-16-20(8-9-22(24)27(33)34)19-5-3-2-4-6-19/h2-10,15-16,21,28,31H,11-14,17H2,1H3,(H,29,32)(H,33,34). The number of rotatable bonds is 7. The number of phenols is 1. The molecule has 0 saturated carbocycles. The quantitative estimate of drug-likeness (QED) is 0.423. The van der Waals surface area contributed by atoms with Crippen LogP contribution in [0.25, 0.3) is 11.1 Å². The number of likely N-dealkylation sites (tertiary alicyclic amines) is 1. The highest BCUT2D eigenvalue weighted by atomic mass is 16.4. The van der Waals surface area contributed by atoms with Crippen molar-refractivity contribution < 1.29 is 19.8 Å². The largest absolute Gasteiger partial charge is 0.507 e. The van der Waals surface area contributed by atoms with Gasteiger partial charge in [-0.05, 0) is 73.9 Å². The highest BCUT2D eigenvalue weighted by Gasteiger charge is 2.20. The van der Waals surface area contributed by atoms with E-state index in [0.717, 1.165) is 42.6 Å². The maximum absolute atomic E-state index is 13.1. The van der Waals surface area contributed by atoms with Crippen molar-refractivity contribution in [2.24, 2.45) is 0 Å². The van der Waals surface area contributed by atoms with Crippen molar-refractivity contribution in [1.29, 1.82) is 0 Å². The molecule has 0 radical (unpaired) electrons. The van der Waals surface area contributed by atoms with Gasteiger partial charge in [-0.15, -0.1) is 0 Å². The number of carboxylic acids is 1. The maximum atomic E-state index is 13.1. The van der Waals surface area contributed by atoms with E-state index in [9.17, 15) is 19.8 Å². The topological polar surface area (TPSA) is 102 Å². The first-order valence-electron chi connectivity index (χ1n) is 11.4. The lowest BCUT2D eigenvalue weighted by atomic mass is 10.0. The van der Waals surface area contributed by atoms with Crippen molar-refractivity contribution in [2.45, 2.75) is 25.4 Å². The highest BCUT2D eigenvalue weighted by molar-refractivity contribution is 6.09. The fourth-order valence-corrected chi connectivity index (χ4v) is 4.34. The minimum Gasteiger partial charge on any atom is -0.507 e. The Hall–Kier alpha value is -3.68. The molecule has 0 spiro atoms. The van der Waals surface area contributed by atoms with E-state index in [2.05, 4.69) is 15.5 Å². The molecule has 1 aliphatic heterocycles. The van der Waals surface area contributed by atoms with Crippen LogP contribution in [0.4, 0.5) is 5.69 Å². The summed E-state index contributed by atoms with van der Waals surface area (Å²) in [5.41, 5.74) is 2.88. The number of hydrogen-bond donors (Lipinski definition) is 4. The molecule has 7 nitrogen and oxygen atoms in total. The number of benzene rings is 3. The Morgan fingerprint density at radius 2 is 1.68 bits per heavy atom. The van der Waals surface area contributed by atoms with Crippen LogP contribution >= 0.6 is 0 Å². The van der Waals surface area contributed by atoms with Gasteiger partial charge < -0.3 is 20.8 Å². The van der Waals surface area contributed by atoms with Crippen LogP contribution in [0.5, 0.6) is 5.75 Å². The zero-order valence-electron chi connectivity index (χ0n) is 19.1. The van der Waals surface area contributed by atoms with Crippen LogP contribution < -0.4 is 10.6 Å². The van der Waals surface area contributed by atoms with Gasteiger partial charge in [0.2, 0.25) is 0 Å². The molecular weight excluding hydrogens is 430 g/mol. The number of carbonyl (C=O) groups excluding carboxylic acids is 1. The van der Waals surface area contributed by atoms with Gasteiger partial charge in [-0.25, -0.2) is 4.79 Å². The molecule has 176 valence electrons. The maximum Gasteiger partial charge on any atom is 0.337 e. The number of nitrogens with zero attached hydrogens (tertiary/aromatic N) is 1. The summed E-state index contributed by atoms with van der Waals surface area (Å²) >= 11 is 0. The number of amides is 1. The Morgan fingerprint density at radius 3 is 2.35 bits per heavy atom. The minimum atomic E-state index is -1.14. The monoisotopic (exact) mass is 459 g/mol. The van der Waals surface area contributed by atoms with E-state index in [0.29, 0.717) is 12.6 Å². The number of aromatic hydroxyl groups is 1. The van der Waals surface area contributed by atoms with E-state index in [4.69, 9.17) is 0 Å². The summed E-state index contributed by atoms with van der Waals surface area (Å²) in [6.45, 7) is 2.60. The van der Waals surface area contributed by atoms with Crippen molar-refractivity contribution in [1.82, 2.24) is 10.2 Å². The third-order valence-corrected chi connectivity index (χ3v) is 6.31. The molecule has 1 aliphatic rings. The molecule has 3 aromatic rings. The summed E-state index contributed by atoms with van der Waals surface area (Å²) in [4.78, 5) is 27.2. The summed E-state index contributed by atoms with van der Waals surface area (Å²) in [6, 6.07) is 19.9. The summed E-state index contributed by atoms with van der Waals surface area (Å²) < 4.78 is 0. The zero-order valence-corrected chi connectivity index (χ0v) is 19.1. The van der Waals surface area contributed by atoms with Crippen LogP contribution in [0.3, 0.4) is 0 Å². The highest BCUT2D eigenvalue weighted by Crippen LogP contribution is 2.28. The molecule has 1 heterocycles. The van der Waals surface area contributed by atoms with Crippen molar-refractivity contribution in [3.05, 3.63) is 83.4 Å². The smallest absolute Gasteiger partial charge is 0.337 e.